The van der Waals surface area contributed by atoms with Crippen LogP contribution < -0.4 is 0 Å². The fourth-order valence-electron chi connectivity index (χ4n) is 1.50. The van der Waals surface area contributed by atoms with E-state index >= 15 is 0 Å². The van der Waals surface area contributed by atoms with Crippen molar-refractivity contribution in [1.29, 1.82) is 0 Å². The maximum absolute atomic E-state index is 10.8. The number of aryl methyl sites for hydroxylation is 2. The summed E-state index contributed by atoms with van der Waals surface area (Å²) in [5.41, 5.74) is 1.65. The molecule has 82 valence electrons. The predicted octanol–water partition coefficient (Wildman–Crippen LogP) is 3.13. The Kier molecular flexibility index (Phi) is 2.75. The van der Waals surface area contributed by atoms with Gasteiger partial charge in [-0.2, -0.15) is 0 Å². The van der Waals surface area contributed by atoms with Gasteiger partial charge in [-0.05, 0) is 38.1 Å². The van der Waals surface area contributed by atoms with E-state index < -0.39 is 5.97 Å². The van der Waals surface area contributed by atoms with Gasteiger partial charge in [0.25, 0.3) is 0 Å². The van der Waals surface area contributed by atoms with E-state index in [4.69, 9.17) is 5.11 Å². The van der Waals surface area contributed by atoms with Gasteiger partial charge in [0.2, 0.25) is 0 Å². The van der Waals surface area contributed by atoms with Crippen LogP contribution in [0.15, 0.2) is 24.3 Å². The van der Waals surface area contributed by atoms with Crippen LogP contribution >= 0.6 is 11.3 Å². The third-order valence-electron chi connectivity index (χ3n) is 2.31. The molecule has 0 fully saturated rings. The normalized spacial score (nSPS) is 10.4. The van der Waals surface area contributed by atoms with E-state index in [1.54, 1.807) is 30.4 Å². The SMILES string of the molecule is Cc1ccc(-c2ccc(C(=O)O)c(C)n2)s1. The van der Waals surface area contributed by atoms with Gasteiger partial charge < -0.3 is 5.11 Å². The van der Waals surface area contributed by atoms with E-state index in [9.17, 15) is 4.79 Å². The maximum Gasteiger partial charge on any atom is 0.337 e. The molecule has 1 N–H and O–H groups in total. The van der Waals surface area contributed by atoms with Crippen LogP contribution in [-0.4, -0.2) is 16.1 Å². The molecule has 0 atom stereocenters. The molecule has 2 aromatic heterocycles. The first-order valence-electron chi connectivity index (χ1n) is 4.85. The summed E-state index contributed by atoms with van der Waals surface area (Å²) in [5.74, 6) is -0.932. The molecule has 0 unspecified atom stereocenters. The predicted molar refractivity (Wildman–Crippen MR) is 64.0 cm³/mol. The second-order valence-electron chi connectivity index (χ2n) is 3.54. The maximum atomic E-state index is 10.8. The van der Waals surface area contributed by atoms with Gasteiger partial charge in [-0.3, -0.25) is 4.98 Å². The van der Waals surface area contributed by atoms with Gasteiger partial charge in [-0.25, -0.2) is 4.79 Å². The van der Waals surface area contributed by atoms with Crippen LogP contribution in [0, 0.1) is 13.8 Å². The largest absolute Gasteiger partial charge is 0.478 e. The van der Waals surface area contributed by atoms with Crippen molar-refractivity contribution in [2.75, 3.05) is 0 Å². The Hall–Kier alpha value is -1.68. The minimum absolute atomic E-state index is 0.261. The molecule has 0 aliphatic rings. The molecule has 16 heavy (non-hydrogen) atoms. The molecule has 0 aliphatic heterocycles. The summed E-state index contributed by atoms with van der Waals surface area (Å²) in [6.45, 7) is 3.75. The quantitative estimate of drug-likeness (QED) is 0.867. The number of carboxylic acid groups (broad SMARTS) is 1. The summed E-state index contributed by atoms with van der Waals surface area (Å²) in [4.78, 5) is 17.4. The van der Waals surface area contributed by atoms with Crippen LogP contribution in [0.5, 0.6) is 0 Å². The molecule has 0 aromatic carbocycles. The van der Waals surface area contributed by atoms with Crippen molar-refractivity contribution >= 4 is 17.3 Å². The van der Waals surface area contributed by atoms with Crippen molar-refractivity contribution in [2.45, 2.75) is 13.8 Å². The minimum Gasteiger partial charge on any atom is -0.478 e. The average molecular weight is 233 g/mol. The highest BCUT2D eigenvalue weighted by Crippen LogP contribution is 2.26. The number of carboxylic acids is 1. The first kappa shape index (κ1) is 10.8. The lowest BCUT2D eigenvalue weighted by molar-refractivity contribution is 0.0695. The van der Waals surface area contributed by atoms with E-state index in [1.807, 2.05) is 19.1 Å². The number of hydrogen-bond donors (Lipinski definition) is 1. The topological polar surface area (TPSA) is 50.2 Å². The number of thiophene rings is 1. The monoisotopic (exact) mass is 233 g/mol. The molecular weight excluding hydrogens is 222 g/mol. The molecule has 0 aliphatic carbocycles. The molecule has 0 amide bonds. The van der Waals surface area contributed by atoms with Crippen molar-refractivity contribution in [3.8, 4) is 10.6 Å². The lowest BCUT2D eigenvalue weighted by Gasteiger charge is -2.02. The molecule has 2 aromatic rings. The molecule has 0 spiro atoms. The summed E-state index contributed by atoms with van der Waals surface area (Å²) in [5, 5.41) is 8.89. The van der Waals surface area contributed by atoms with E-state index in [2.05, 4.69) is 4.98 Å². The zero-order chi connectivity index (χ0) is 11.7. The molecule has 0 bridgehead atoms. The highest BCUT2D eigenvalue weighted by atomic mass is 32.1. The standard InChI is InChI=1S/C12H11NO2S/c1-7-3-6-11(16-7)10-5-4-9(12(14)15)8(2)13-10/h3-6H,1-2H3,(H,14,15). The Morgan fingerprint density at radius 1 is 1.25 bits per heavy atom. The zero-order valence-electron chi connectivity index (χ0n) is 9.02. The van der Waals surface area contributed by atoms with Crippen LogP contribution in [0.2, 0.25) is 0 Å². The number of nitrogens with zero attached hydrogens (tertiary/aromatic N) is 1. The number of hydrogen-bond acceptors (Lipinski definition) is 3. The van der Waals surface area contributed by atoms with Gasteiger partial charge in [0.1, 0.15) is 0 Å². The van der Waals surface area contributed by atoms with Gasteiger partial charge in [0, 0.05) is 4.88 Å². The average Bonchev–Trinajstić information content (AvgIpc) is 2.64. The Labute approximate surface area is 97.4 Å². The van der Waals surface area contributed by atoms with E-state index in [0.29, 0.717) is 5.69 Å². The van der Waals surface area contributed by atoms with Crippen molar-refractivity contribution in [3.05, 3.63) is 40.4 Å². The second kappa shape index (κ2) is 4.06. The number of pyridine rings is 1. The highest BCUT2D eigenvalue weighted by molar-refractivity contribution is 7.15. The summed E-state index contributed by atoms with van der Waals surface area (Å²) in [6, 6.07) is 7.39. The van der Waals surface area contributed by atoms with Crippen molar-refractivity contribution in [2.24, 2.45) is 0 Å². The molecule has 0 saturated heterocycles. The first-order chi connectivity index (χ1) is 7.58. The Morgan fingerprint density at radius 2 is 2.00 bits per heavy atom. The molecular formula is C12H11NO2S. The fourth-order valence-corrected chi connectivity index (χ4v) is 2.33. The van der Waals surface area contributed by atoms with E-state index in [-0.39, 0.29) is 5.56 Å². The minimum atomic E-state index is -0.932. The summed E-state index contributed by atoms with van der Waals surface area (Å²) in [6.07, 6.45) is 0. The number of carbonyl (C=O) groups is 1. The van der Waals surface area contributed by atoms with Gasteiger partial charge >= 0.3 is 5.97 Å². The van der Waals surface area contributed by atoms with Gasteiger partial charge in [0.05, 0.1) is 21.8 Å². The van der Waals surface area contributed by atoms with Crippen LogP contribution in [0.1, 0.15) is 20.9 Å². The number of aromatic nitrogens is 1. The number of rotatable bonds is 2. The third-order valence-corrected chi connectivity index (χ3v) is 3.33. The van der Waals surface area contributed by atoms with Crippen molar-refractivity contribution in [1.82, 2.24) is 4.98 Å². The highest BCUT2D eigenvalue weighted by Gasteiger charge is 2.10. The summed E-state index contributed by atoms with van der Waals surface area (Å²) >= 11 is 1.65. The van der Waals surface area contributed by atoms with E-state index in [0.717, 1.165) is 10.6 Å². The van der Waals surface area contributed by atoms with Gasteiger partial charge in [0.15, 0.2) is 0 Å². The molecule has 0 saturated carbocycles. The molecule has 4 heteroatoms. The lowest BCUT2D eigenvalue weighted by Crippen LogP contribution is -2.01. The van der Waals surface area contributed by atoms with Crippen LogP contribution in [0.4, 0.5) is 0 Å². The second-order valence-corrected chi connectivity index (χ2v) is 4.83. The van der Waals surface area contributed by atoms with Crippen LogP contribution in [-0.2, 0) is 0 Å². The molecule has 2 rings (SSSR count). The van der Waals surface area contributed by atoms with Crippen LogP contribution in [0.25, 0.3) is 10.6 Å². The number of aromatic carboxylic acids is 1. The summed E-state index contributed by atoms with van der Waals surface area (Å²) in [7, 11) is 0. The fraction of sp³-hybridized carbons (Fsp3) is 0.167. The Morgan fingerprint density at radius 3 is 2.50 bits per heavy atom. The van der Waals surface area contributed by atoms with Gasteiger partial charge in [-0.1, -0.05) is 0 Å². The van der Waals surface area contributed by atoms with Crippen molar-refractivity contribution < 1.29 is 9.90 Å². The zero-order valence-corrected chi connectivity index (χ0v) is 9.84. The smallest absolute Gasteiger partial charge is 0.337 e. The molecule has 3 nitrogen and oxygen atoms in total. The Bertz CT molecular complexity index is 546. The van der Waals surface area contributed by atoms with Gasteiger partial charge in [-0.15, -0.1) is 11.3 Å². The third kappa shape index (κ3) is 1.97. The molecule has 2 heterocycles. The Balaban J connectivity index is 2.45. The van der Waals surface area contributed by atoms with Crippen LogP contribution in [0.3, 0.4) is 0 Å². The summed E-state index contributed by atoms with van der Waals surface area (Å²) < 4.78 is 0. The lowest BCUT2D eigenvalue weighted by atomic mass is 10.2. The van der Waals surface area contributed by atoms with Crippen molar-refractivity contribution in [3.63, 3.8) is 0 Å². The molecule has 0 radical (unpaired) electrons. The first-order valence-corrected chi connectivity index (χ1v) is 5.67. The van der Waals surface area contributed by atoms with E-state index in [1.165, 1.54) is 4.88 Å².